The Morgan fingerprint density at radius 1 is 1.22 bits per heavy atom. The quantitative estimate of drug-likeness (QED) is 0.779. The predicted octanol–water partition coefficient (Wildman–Crippen LogP) is 1.83. The van der Waals surface area contributed by atoms with Crippen molar-refractivity contribution in [3.8, 4) is 5.88 Å². The van der Waals surface area contributed by atoms with Crippen LogP contribution in [0.3, 0.4) is 0 Å². The fourth-order valence-electron chi connectivity index (χ4n) is 1.19. The number of carbonyl (C=O) groups is 1. The van der Waals surface area contributed by atoms with Crippen LogP contribution in [0.15, 0.2) is 12.1 Å². The van der Waals surface area contributed by atoms with Gasteiger partial charge in [0.25, 0.3) is 0 Å². The van der Waals surface area contributed by atoms with Gasteiger partial charge in [0.05, 0.1) is 12.8 Å². The summed E-state index contributed by atoms with van der Waals surface area (Å²) in [6.45, 7) is 3.04. The van der Waals surface area contributed by atoms with Crippen LogP contribution in [-0.4, -0.2) is 29.6 Å². The number of halogens is 3. The number of hydrogen-bond donors (Lipinski definition) is 0. The molecule has 0 radical (unpaired) electrons. The molecule has 0 aliphatic rings. The summed E-state index contributed by atoms with van der Waals surface area (Å²) < 4.78 is 43.8. The molecule has 8 heteroatoms. The third kappa shape index (κ3) is 3.31. The van der Waals surface area contributed by atoms with E-state index in [0.717, 1.165) is 6.07 Å². The van der Waals surface area contributed by atoms with Gasteiger partial charge in [0.1, 0.15) is 5.41 Å². The summed E-state index contributed by atoms with van der Waals surface area (Å²) in [6, 6.07) is 2.21. The first-order valence-corrected chi connectivity index (χ1v) is 4.85. The van der Waals surface area contributed by atoms with E-state index in [1.54, 1.807) is 0 Å². The Labute approximate surface area is 101 Å². The average molecular weight is 264 g/mol. The molecule has 0 saturated carbocycles. The van der Waals surface area contributed by atoms with Crippen LogP contribution < -0.4 is 4.74 Å². The maximum atomic E-state index is 11.9. The van der Waals surface area contributed by atoms with Crippen LogP contribution >= 0.6 is 0 Å². The molecule has 0 aliphatic carbocycles. The van der Waals surface area contributed by atoms with Gasteiger partial charge in [0.15, 0.2) is 0 Å². The first-order chi connectivity index (χ1) is 8.16. The van der Waals surface area contributed by atoms with Crippen molar-refractivity contribution in [2.24, 2.45) is 0 Å². The highest BCUT2D eigenvalue weighted by Crippen LogP contribution is 2.25. The van der Waals surface area contributed by atoms with Crippen molar-refractivity contribution in [2.45, 2.75) is 25.6 Å². The lowest BCUT2D eigenvalue weighted by atomic mass is 9.89. The van der Waals surface area contributed by atoms with Gasteiger partial charge in [-0.05, 0) is 19.9 Å². The molecule has 1 heterocycles. The number of aromatic nitrogens is 2. The molecule has 5 nitrogen and oxygen atoms in total. The number of alkyl halides is 3. The minimum atomic E-state index is -4.83. The Morgan fingerprint density at radius 3 is 2.22 bits per heavy atom. The van der Waals surface area contributed by atoms with Gasteiger partial charge in [-0.25, -0.2) is 0 Å². The standard InChI is InChI=1S/C10H11F3N2O3/c1-9(2,8(16)17-3)6-4-5-7(15-14-6)18-10(11,12)13/h4-5H,1-3H3. The van der Waals surface area contributed by atoms with Crippen LogP contribution in [0, 0.1) is 0 Å². The Hall–Kier alpha value is -1.86. The first-order valence-electron chi connectivity index (χ1n) is 4.85. The van der Waals surface area contributed by atoms with E-state index in [-0.39, 0.29) is 5.69 Å². The summed E-state index contributed by atoms with van der Waals surface area (Å²) in [5, 5.41) is 6.77. The zero-order chi connectivity index (χ0) is 14.0. The summed E-state index contributed by atoms with van der Waals surface area (Å²) in [4.78, 5) is 11.4. The summed E-state index contributed by atoms with van der Waals surface area (Å²) >= 11 is 0. The van der Waals surface area contributed by atoms with Crippen LogP contribution in [-0.2, 0) is 14.9 Å². The summed E-state index contributed by atoms with van der Waals surface area (Å²) in [7, 11) is 1.21. The molecule has 1 aromatic heterocycles. The molecule has 0 unspecified atom stereocenters. The van der Waals surface area contributed by atoms with Gasteiger partial charge in [0.2, 0.25) is 5.88 Å². The highest BCUT2D eigenvalue weighted by atomic mass is 19.4. The monoisotopic (exact) mass is 264 g/mol. The molecule has 100 valence electrons. The molecular formula is C10H11F3N2O3. The molecule has 0 bridgehead atoms. The largest absolute Gasteiger partial charge is 0.574 e. The number of nitrogens with zero attached hydrogens (tertiary/aromatic N) is 2. The molecule has 0 spiro atoms. The number of ether oxygens (including phenoxy) is 2. The Bertz CT molecular complexity index is 429. The van der Waals surface area contributed by atoms with Crippen LogP contribution in [0.2, 0.25) is 0 Å². The van der Waals surface area contributed by atoms with E-state index in [1.807, 2.05) is 0 Å². The lowest BCUT2D eigenvalue weighted by Crippen LogP contribution is -2.31. The SMILES string of the molecule is COC(=O)C(C)(C)c1ccc(OC(F)(F)F)nn1. The minimum absolute atomic E-state index is 0.184. The average Bonchev–Trinajstić information content (AvgIpc) is 2.26. The molecule has 1 aromatic rings. The van der Waals surface area contributed by atoms with Crippen LogP contribution in [0.5, 0.6) is 5.88 Å². The summed E-state index contributed by atoms with van der Waals surface area (Å²) in [5.74, 6) is -1.26. The molecule has 0 fully saturated rings. The van der Waals surface area contributed by atoms with E-state index in [4.69, 9.17) is 0 Å². The number of rotatable bonds is 3. The van der Waals surface area contributed by atoms with Crippen LogP contribution in [0.1, 0.15) is 19.5 Å². The lowest BCUT2D eigenvalue weighted by molar-refractivity contribution is -0.276. The smallest absolute Gasteiger partial charge is 0.468 e. The maximum absolute atomic E-state index is 11.9. The molecule has 0 amide bonds. The second-order valence-corrected chi connectivity index (χ2v) is 3.92. The maximum Gasteiger partial charge on any atom is 0.574 e. The molecule has 0 aliphatic heterocycles. The van der Waals surface area contributed by atoms with Gasteiger partial charge >= 0.3 is 12.3 Å². The second kappa shape index (κ2) is 4.79. The van der Waals surface area contributed by atoms with Crippen LogP contribution in [0.4, 0.5) is 13.2 Å². The Balaban J connectivity index is 2.92. The fraction of sp³-hybridized carbons (Fsp3) is 0.500. The zero-order valence-electron chi connectivity index (χ0n) is 9.91. The summed E-state index contributed by atoms with van der Waals surface area (Å²) in [6.07, 6.45) is -4.83. The van der Waals surface area contributed by atoms with Gasteiger partial charge in [-0.3, -0.25) is 4.79 Å². The highest BCUT2D eigenvalue weighted by Gasteiger charge is 2.34. The van der Waals surface area contributed by atoms with Crippen molar-refractivity contribution in [3.05, 3.63) is 17.8 Å². The lowest BCUT2D eigenvalue weighted by Gasteiger charge is -2.20. The van der Waals surface area contributed by atoms with E-state index in [1.165, 1.54) is 27.0 Å². The highest BCUT2D eigenvalue weighted by molar-refractivity contribution is 5.81. The van der Waals surface area contributed by atoms with Gasteiger partial charge in [-0.2, -0.15) is 5.10 Å². The fourth-order valence-corrected chi connectivity index (χ4v) is 1.19. The van der Waals surface area contributed by atoms with Gasteiger partial charge in [0, 0.05) is 6.07 Å². The van der Waals surface area contributed by atoms with E-state index in [9.17, 15) is 18.0 Å². The third-order valence-electron chi connectivity index (χ3n) is 2.20. The normalized spacial score (nSPS) is 12.1. The molecule has 0 N–H and O–H groups in total. The van der Waals surface area contributed by atoms with Crippen molar-refractivity contribution in [3.63, 3.8) is 0 Å². The Kier molecular flexibility index (Phi) is 3.78. The third-order valence-corrected chi connectivity index (χ3v) is 2.20. The van der Waals surface area contributed by atoms with E-state index in [2.05, 4.69) is 19.7 Å². The van der Waals surface area contributed by atoms with Crippen molar-refractivity contribution < 1.29 is 27.4 Å². The van der Waals surface area contributed by atoms with Crippen molar-refractivity contribution in [1.82, 2.24) is 10.2 Å². The van der Waals surface area contributed by atoms with Crippen molar-refractivity contribution >= 4 is 5.97 Å². The van der Waals surface area contributed by atoms with Crippen molar-refractivity contribution in [2.75, 3.05) is 7.11 Å². The number of methoxy groups -OCH3 is 1. The molecule has 0 saturated heterocycles. The van der Waals surface area contributed by atoms with Crippen molar-refractivity contribution in [1.29, 1.82) is 0 Å². The van der Waals surface area contributed by atoms with Gasteiger partial charge in [-0.1, -0.05) is 0 Å². The van der Waals surface area contributed by atoms with Crippen LogP contribution in [0.25, 0.3) is 0 Å². The molecule has 18 heavy (non-hydrogen) atoms. The predicted molar refractivity (Wildman–Crippen MR) is 53.8 cm³/mol. The summed E-state index contributed by atoms with van der Waals surface area (Å²) in [5.41, 5.74) is -0.915. The molecular weight excluding hydrogens is 253 g/mol. The second-order valence-electron chi connectivity index (χ2n) is 3.92. The van der Waals surface area contributed by atoms with E-state index >= 15 is 0 Å². The first kappa shape index (κ1) is 14.2. The molecule has 0 aromatic carbocycles. The zero-order valence-corrected chi connectivity index (χ0v) is 9.91. The van der Waals surface area contributed by atoms with Gasteiger partial charge < -0.3 is 9.47 Å². The topological polar surface area (TPSA) is 61.3 Å². The Morgan fingerprint density at radius 2 is 1.83 bits per heavy atom. The number of carbonyl (C=O) groups excluding carboxylic acids is 1. The number of esters is 1. The minimum Gasteiger partial charge on any atom is -0.468 e. The van der Waals surface area contributed by atoms with Gasteiger partial charge in [-0.15, -0.1) is 18.3 Å². The molecule has 1 rings (SSSR count). The van der Waals surface area contributed by atoms with E-state index in [0.29, 0.717) is 0 Å². The van der Waals surface area contributed by atoms with E-state index < -0.39 is 23.6 Å². The molecule has 0 atom stereocenters. The number of hydrogen-bond acceptors (Lipinski definition) is 5.